The van der Waals surface area contributed by atoms with Crippen LogP contribution in [0.2, 0.25) is 0 Å². The number of carbonyl (C=O) groups is 1. The summed E-state index contributed by atoms with van der Waals surface area (Å²) >= 11 is 3.39. The molecule has 0 amide bonds. The SMILES string of the molecule is COc1cccc(C(=O)c2ccc(OC)cc2Br)c1. The highest BCUT2D eigenvalue weighted by Crippen LogP contribution is 2.26. The van der Waals surface area contributed by atoms with Gasteiger partial charge in [0.25, 0.3) is 0 Å². The second-order valence-corrected chi connectivity index (χ2v) is 4.76. The van der Waals surface area contributed by atoms with Gasteiger partial charge in [-0.2, -0.15) is 0 Å². The molecule has 0 saturated carbocycles. The van der Waals surface area contributed by atoms with Crippen LogP contribution < -0.4 is 9.47 Å². The maximum Gasteiger partial charge on any atom is 0.194 e. The summed E-state index contributed by atoms with van der Waals surface area (Å²) in [5.41, 5.74) is 1.18. The second-order valence-electron chi connectivity index (χ2n) is 3.91. The molecule has 0 spiro atoms. The zero-order valence-corrected chi connectivity index (χ0v) is 12.2. The molecule has 4 heteroatoms. The predicted molar refractivity (Wildman–Crippen MR) is 77.1 cm³/mol. The van der Waals surface area contributed by atoms with Gasteiger partial charge in [-0.05, 0) is 46.3 Å². The van der Waals surface area contributed by atoms with Crippen LogP contribution in [0.25, 0.3) is 0 Å². The fourth-order valence-corrected chi connectivity index (χ4v) is 2.26. The summed E-state index contributed by atoms with van der Waals surface area (Å²) in [4.78, 5) is 12.4. The Bertz CT molecular complexity index is 608. The minimum atomic E-state index is -0.0616. The van der Waals surface area contributed by atoms with Crippen molar-refractivity contribution in [3.63, 3.8) is 0 Å². The first-order valence-electron chi connectivity index (χ1n) is 5.68. The van der Waals surface area contributed by atoms with Crippen molar-refractivity contribution in [2.24, 2.45) is 0 Å². The summed E-state index contributed by atoms with van der Waals surface area (Å²) in [5.74, 6) is 1.30. The van der Waals surface area contributed by atoms with Gasteiger partial charge in [0.2, 0.25) is 0 Å². The number of ether oxygens (including phenoxy) is 2. The Hall–Kier alpha value is -1.81. The molecule has 0 radical (unpaired) electrons. The first-order chi connectivity index (χ1) is 9.15. The van der Waals surface area contributed by atoms with Crippen molar-refractivity contribution in [3.8, 4) is 11.5 Å². The van der Waals surface area contributed by atoms with E-state index in [9.17, 15) is 4.79 Å². The first-order valence-corrected chi connectivity index (χ1v) is 6.47. The summed E-state index contributed by atoms with van der Waals surface area (Å²) in [6, 6.07) is 12.4. The van der Waals surface area contributed by atoms with E-state index in [4.69, 9.17) is 9.47 Å². The summed E-state index contributed by atoms with van der Waals surface area (Å²) in [7, 11) is 3.16. The zero-order valence-electron chi connectivity index (χ0n) is 10.6. The lowest BCUT2D eigenvalue weighted by Crippen LogP contribution is -2.02. The highest BCUT2D eigenvalue weighted by atomic mass is 79.9. The third-order valence-corrected chi connectivity index (χ3v) is 3.41. The van der Waals surface area contributed by atoms with Gasteiger partial charge in [-0.1, -0.05) is 12.1 Å². The predicted octanol–water partition coefficient (Wildman–Crippen LogP) is 3.70. The molecule has 0 unspecified atom stereocenters. The number of hydrogen-bond donors (Lipinski definition) is 0. The summed E-state index contributed by atoms with van der Waals surface area (Å²) in [5, 5.41) is 0. The van der Waals surface area contributed by atoms with E-state index in [1.54, 1.807) is 56.7 Å². The molecule has 98 valence electrons. The van der Waals surface area contributed by atoms with E-state index >= 15 is 0 Å². The fraction of sp³-hybridized carbons (Fsp3) is 0.133. The van der Waals surface area contributed by atoms with Crippen molar-refractivity contribution in [2.45, 2.75) is 0 Å². The van der Waals surface area contributed by atoms with Crippen molar-refractivity contribution in [3.05, 3.63) is 58.1 Å². The summed E-state index contributed by atoms with van der Waals surface area (Å²) < 4.78 is 10.9. The van der Waals surface area contributed by atoms with Gasteiger partial charge in [-0.25, -0.2) is 0 Å². The molecule has 2 aromatic rings. The van der Waals surface area contributed by atoms with Gasteiger partial charge in [0.1, 0.15) is 11.5 Å². The average molecular weight is 321 g/mol. The van der Waals surface area contributed by atoms with Gasteiger partial charge in [-0.3, -0.25) is 4.79 Å². The van der Waals surface area contributed by atoms with Crippen LogP contribution in [0.15, 0.2) is 46.9 Å². The van der Waals surface area contributed by atoms with Gasteiger partial charge >= 0.3 is 0 Å². The minimum absolute atomic E-state index is 0.0616. The number of rotatable bonds is 4. The van der Waals surface area contributed by atoms with Gasteiger partial charge in [0.05, 0.1) is 14.2 Å². The molecule has 0 aromatic heterocycles. The smallest absolute Gasteiger partial charge is 0.194 e. The normalized spacial score (nSPS) is 10.1. The van der Waals surface area contributed by atoms with E-state index in [0.29, 0.717) is 27.1 Å². The van der Waals surface area contributed by atoms with E-state index in [1.807, 2.05) is 0 Å². The van der Waals surface area contributed by atoms with Crippen molar-refractivity contribution in [1.29, 1.82) is 0 Å². The van der Waals surface area contributed by atoms with Gasteiger partial charge in [0, 0.05) is 15.6 Å². The molecule has 19 heavy (non-hydrogen) atoms. The lowest BCUT2D eigenvalue weighted by molar-refractivity contribution is 0.103. The largest absolute Gasteiger partial charge is 0.497 e. The Morgan fingerprint density at radius 1 is 1.00 bits per heavy atom. The fourth-order valence-electron chi connectivity index (χ4n) is 1.73. The van der Waals surface area contributed by atoms with Crippen LogP contribution in [0.1, 0.15) is 15.9 Å². The monoisotopic (exact) mass is 320 g/mol. The third-order valence-electron chi connectivity index (χ3n) is 2.75. The lowest BCUT2D eigenvalue weighted by atomic mass is 10.0. The molecule has 2 aromatic carbocycles. The van der Waals surface area contributed by atoms with Crippen molar-refractivity contribution < 1.29 is 14.3 Å². The Labute approximate surface area is 120 Å². The van der Waals surface area contributed by atoms with E-state index < -0.39 is 0 Å². The highest BCUT2D eigenvalue weighted by Gasteiger charge is 2.13. The van der Waals surface area contributed by atoms with Crippen LogP contribution in [-0.2, 0) is 0 Å². The van der Waals surface area contributed by atoms with Gasteiger partial charge in [0.15, 0.2) is 5.78 Å². The van der Waals surface area contributed by atoms with Crippen LogP contribution in [0.5, 0.6) is 11.5 Å². The Morgan fingerprint density at radius 3 is 2.32 bits per heavy atom. The molecule has 3 nitrogen and oxygen atoms in total. The minimum Gasteiger partial charge on any atom is -0.497 e. The molecule has 0 heterocycles. The molecule has 0 N–H and O–H groups in total. The number of halogens is 1. The number of benzene rings is 2. The molecule has 0 bridgehead atoms. The van der Waals surface area contributed by atoms with E-state index in [0.717, 1.165) is 0 Å². The summed E-state index contributed by atoms with van der Waals surface area (Å²) in [6.45, 7) is 0. The standard InChI is InChI=1S/C15H13BrO3/c1-18-11-5-3-4-10(8-11)15(17)13-7-6-12(19-2)9-14(13)16/h3-9H,1-2H3. The third kappa shape index (κ3) is 2.96. The number of hydrogen-bond acceptors (Lipinski definition) is 3. The molecule has 0 aliphatic rings. The van der Waals surface area contributed by atoms with Crippen molar-refractivity contribution in [2.75, 3.05) is 14.2 Å². The highest BCUT2D eigenvalue weighted by molar-refractivity contribution is 9.10. The molecule has 0 saturated heterocycles. The first kappa shape index (κ1) is 13.6. The van der Waals surface area contributed by atoms with Crippen LogP contribution in [0.3, 0.4) is 0 Å². The molecular weight excluding hydrogens is 308 g/mol. The number of methoxy groups -OCH3 is 2. The summed E-state index contributed by atoms with van der Waals surface area (Å²) in [6.07, 6.45) is 0. The number of carbonyl (C=O) groups excluding carboxylic acids is 1. The molecule has 0 aliphatic carbocycles. The molecule has 0 atom stereocenters. The van der Waals surface area contributed by atoms with Gasteiger partial charge in [-0.15, -0.1) is 0 Å². The molecule has 0 aliphatic heterocycles. The topological polar surface area (TPSA) is 35.5 Å². The van der Waals surface area contributed by atoms with Crippen LogP contribution in [-0.4, -0.2) is 20.0 Å². The van der Waals surface area contributed by atoms with E-state index in [2.05, 4.69) is 15.9 Å². The Balaban J connectivity index is 2.38. The maximum atomic E-state index is 12.4. The van der Waals surface area contributed by atoms with Gasteiger partial charge < -0.3 is 9.47 Å². The average Bonchev–Trinajstić information content (AvgIpc) is 2.46. The van der Waals surface area contributed by atoms with Crippen LogP contribution >= 0.6 is 15.9 Å². The quantitative estimate of drug-likeness (QED) is 0.806. The zero-order chi connectivity index (χ0) is 13.8. The van der Waals surface area contributed by atoms with Crippen molar-refractivity contribution >= 4 is 21.7 Å². The second kappa shape index (κ2) is 5.89. The van der Waals surface area contributed by atoms with Crippen LogP contribution in [0.4, 0.5) is 0 Å². The van der Waals surface area contributed by atoms with E-state index in [-0.39, 0.29) is 5.78 Å². The Kier molecular flexibility index (Phi) is 4.22. The molecule has 0 fully saturated rings. The lowest BCUT2D eigenvalue weighted by Gasteiger charge is -2.07. The number of ketones is 1. The molecule has 2 rings (SSSR count). The molecular formula is C15H13BrO3. The van der Waals surface area contributed by atoms with Crippen molar-refractivity contribution in [1.82, 2.24) is 0 Å². The van der Waals surface area contributed by atoms with Crippen LogP contribution in [0, 0.1) is 0 Å². The van der Waals surface area contributed by atoms with E-state index in [1.165, 1.54) is 0 Å². The maximum absolute atomic E-state index is 12.4. The Morgan fingerprint density at radius 2 is 1.68 bits per heavy atom.